The summed E-state index contributed by atoms with van der Waals surface area (Å²) in [6.45, 7) is 4.28. The summed E-state index contributed by atoms with van der Waals surface area (Å²) in [5.41, 5.74) is 0.357. The van der Waals surface area contributed by atoms with E-state index in [0.717, 1.165) is 39.0 Å². The Morgan fingerprint density at radius 3 is 2.33 bits per heavy atom. The van der Waals surface area contributed by atoms with Gasteiger partial charge in [-0.25, -0.2) is 4.79 Å². The van der Waals surface area contributed by atoms with Crippen LogP contribution in [0.15, 0.2) is 12.1 Å². The van der Waals surface area contributed by atoms with Crippen molar-refractivity contribution in [3.63, 3.8) is 0 Å². The second-order valence-electron chi connectivity index (χ2n) is 7.74. The third-order valence-electron chi connectivity index (χ3n) is 5.24. The van der Waals surface area contributed by atoms with Gasteiger partial charge < -0.3 is 33.9 Å². The number of cyclic esters (lactones) is 1. The molecule has 1 atom stereocenters. The maximum Gasteiger partial charge on any atom is 0.338 e. The van der Waals surface area contributed by atoms with Gasteiger partial charge in [-0.3, -0.25) is 0 Å². The molecule has 2 rings (SSSR count). The Labute approximate surface area is 179 Å². The lowest BCUT2D eigenvalue weighted by Gasteiger charge is -2.23. The van der Waals surface area contributed by atoms with E-state index in [-0.39, 0.29) is 6.10 Å². The first-order chi connectivity index (χ1) is 14.4. The van der Waals surface area contributed by atoms with E-state index >= 15 is 0 Å². The van der Waals surface area contributed by atoms with E-state index in [4.69, 9.17) is 18.9 Å². The predicted octanol–water partition coefficient (Wildman–Crippen LogP) is 2.04. The highest BCUT2D eigenvalue weighted by atomic mass is 16.5. The van der Waals surface area contributed by atoms with Gasteiger partial charge in [0.05, 0.1) is 39.1 Å². The van der Waals surface area contributed by atoms with Crippen molar-refractivity contribution in [2.75, 3.05) is 67.7 Å². The van der Waals surface area contributed by atoms with E-state index < -0.39 is 5.97 Å². The quantitative estimate of drug-likeness (QED) is 0.723. The molecule has 1 aromatic carbocycles. The number of fused-ring (bicyclic) bond motifs is 2. The summed E-state index contributed by atoms with van der Waals surface area (Å²) in [5, 5.41) is 10.3. The van der Waals surface area contributed by atoms with E-state index in [0.29, 0.717) is 48.9 Å². The number of carbonyl (C=O) groups is 1. The molecule has 0 saturated carbocycles. The van der Waals surface area contributed by atoms with Gasteiger partial charge in [0.2, 0.25) is 5.75 Å². The molecule has 1 aliphatic rings. The monoisotopic (exact) mass is 424 g/mol. The standard InChI is InChI=1S/C22H36N2O6/c1-23-9-6-14-30-22(26)17-15-19(27-3)21(28-4)20(16-17)29-13-5-7-18(25)8-10-24(2)12-11-23/h15-16,18,25H,5-14H2,1-4H3/t18-/m1/s1. The number of likely N-dealkylation sites (N-methyl/N-ethyl adjacent to an activating group) is 2. The SMILES string of the molecule is COc1cc2cc(c1OC)OCCC[C@@H](O)CCN(C)CCN(C)CCCOC2=O. The van der Waals surface area contributed by atoms with Crippen LogP contribution in [0.5, 0.6) is 17.2 Å². The van der Waals surface area contributed by atoms with Crippen molar-refractivity contribution in [3.05, 3.63) is 17.7 Å². The fourth-order valence-electron chi connectivity index (χ4n) is 3.32. The van der Waals surface area contributed by atoms with Crippen molar-refractivity contribution in [1.82, 2.24) is 9.80 Å². The van der Waals surface area contributed by atoms with E-state index in [2.05, 4.69) is 23.9 Å². The van der Waals surface area contributed by atoms with Crippen molar-refractivity contribution in [2.24, 2.45) is 0 Å². The fourth-order valence-corrected chi connectivity index (χ4v) is 3.32. The molecule has 0 aromatic heterocycles. The largest absolute Gasteiger partial charge is 0.493 e. The minimum Gasteiger partial charge on any atom is -0.493 e. The Morgan fingerprint density at radius 1 is 0.933 bits per heavy atom. The van der Waals surface area contributed by atoms with Crippen LogP contribution >= 0.6 is 0 Å². The topological polar surface area (TPSA) is 80.7 Å². The van der Waals surface area contributed by atoms with E-state index in [1.54, 1.807) is 12.1 Å². The maximum atomic E-state index is 12.5. The van der Waals surface area contributed by atoms with Crippen molar-refractivity contribution >= 4 is 5.97 Å². The molecule has 8 nitrogen and oxygen atoms in total. The first-order valence-corrected chi connectivity index (χ1v) is 10.6. The Kier molecular flexibility index (Phi) is 10.2. The molecule has 8 heteroatoms. The van der Waals surface area contributed by atoms with Gasteiger partial charge in [-0.05, 0) is 51.9 Å². The Morgan fingerprint density at radius 2 is 1.63 bits per heavy atom. The van der Waals surface area contributed by atoms with Crippen LogP contribution in [0.1, 0.15) is 36.0 Å². The van der Waals surface area contributed by atoms with Crippen LogP contribution in [0, 0.1) is 0 Å². The summed E-state index contributed by atoms with van der Waals surface area (Å²) in [7, 11) is 7.17. The summed E-state index contributed by atoms with van der Waals surface area (Å²) in [6, 6.07) is 3.22. The molecule has 1 aromatic rings. The second-order valence-corrected chi connectivity index (χ2v) is 7.74. The highest BCUT2D eigenvalue weighted by Crippen LogP contribution is 2.38. The highest BCUT2D eigenvalue weighted by Gasteiger charge is 2.19. The maximum absolute atomic E-state index is 12.5. The van der Waals surface area contributed by atoms with Gasteiger partial charge in [-0.1, -0.05) is 0 Å². The molecule has 0 saturated heterocycles. The van der Waals surface area contributed by atoms with E-state index in [1.165, 1.54) is 14.2 Å². The number of hydrogen-bond acceptors (Lipinski definition) is 8. The van der Waals surface area contributed by atoms with Crippen LogP contribution < -0.4 is 14.2 Å². The summed E-state index contributed by atoms with van der Waals surface area (Å²) in [6.07, 6.45) is 2.45. The number of aliphatic hydroxyl groups excluding tert-OH is 1. The van der Waals surface area contributed by atoms with Crippen molar-refractivity contribution in [2.45, 2.75) is 31.8 Å². The lowest BCUT2D eigenvalue weighted by Crippen LogP contribution is -2.33. The van der Waals surface area contributed by atoms with Crippen molar-refractivity contribution < 1.29 is 28.8 Å². The average molecular weight is 425 g/mol. The molecule has 170 valence electrons. The zero-order valence-corrected chi connectivity index (χ0v) is 18.7. The van der Waals surface area contributed by atoms with Gasteiger partial charge in [0.15, 0.2) is 11.5 Å². The lowest BCUT2D eigenvalue weighted by molar-refractivity contribution is 0.0489. The van der Waals surface area contributed by atoms with E-state index in [1.807, 2.05) is 0 Å². The summed E-state index contributed by atoms with van der Waals surface area (Å²) >= 11 is 0. The van der Waals surface area contributed by atoms with Crippen LogP contribution in [0.2, 0.25) is 0 Å². The van der Waals surface area contributed by atoms with Crippen LogP contribution in [-0.4, -0.2) is 94.7 Å². The zero-order valence-electron chi connectivity index (χ0n) is 18.7. The van der Waals surface area contributed by atoms with Gasteiger partial charge in [0, 0.05) is 26.2 Å². The number of aliphatic hydroxyl groups is 1. The lowest BCUT2D eigenvalue weighted by atomic mass is 10.1. The van der Waals surface area contributed by atoms with Crippen molar-refractivity contribution in [3.8, 4) is 17.2 Å². The number of nitrogens with zero attached hydrogens (tertiary/aromatic N) is 2. The predicted molar refractivity (Wildman–Crippen MR) is 115 cm³/mol. The molecular formula is C22H36N2O6. The van der Waals surface area contributed by atoms with Crippen LogP contribution in [0.25, 0.3) is 0 Å². The fraction of sp³-hybridized carbons (Fsp3) is 0.682. The van der Waals surface area contributed by atoms with Crippen LogP contribution in [0.4, 0.5) is 0 Å². The molecule has 1 N–H and O–H groups in total. The molecule has 1 aliphatic heterocycles. The molecule has 0 spiro atoms. The zero-order chi connectivity index (χ0) is 21.9. The van der Waals surface area contributed by atoms with Crippen LogP contribution in [0.3, 0.4) is 0 Å². The highest BCUT2D eigenvalue weighted by molar-refractivity contribution is 5.91. The van der Waals surface area contributed by atoms with Crippen LogP contribution in [-0.2, 0) is 4.74 Å². The molecule has 0 radical (unpaired) electrons. The van der Waals surface area contributed by atoms with Gasteiger partial charge in [-0.15, -0.1) is 0 Å². The molecule has 0 amide bonds. The Hall–Kier alpha value is -2.03. The summed E-state index contributed by atoms with van der Waals surface area (Å²) in [4.78, 5) is 17.0. The minimum absolute atomic E-state index is 0.343. The normalized spacial score (nSPS) is 21.5. The molecule has 0 aliphatic carbocycles. The number of hydrogen-bond donors (Lipinski definition) is 1. The van der Waals surface area contributed by atoms with E-state index in [9.17, 15) is 9.90 Å². The van der Waals surface area contributed by atoms with Gasteiger partial charge >= 0.3 is 5.97 Å². The number of ether oxygens (including phenoxy) is 4. The van der Waals surface area contributed by atoms with Crippen molar-refractivity contribution in [1.29, 1.82) is 0 Å². The smallest absolute Gasteiger partial charge is 0.338 e. The second kappa shape index (κ2) is 12.6. The van der Waals surface area contributed by atoms with Gasteiger partial charge in [0.1, 0.15) is 0 Å². The average Bonchev–Trinajstić information content (AvgIpc) is 2.75. The molecule has 0 fully saturated rings. The number of carbonyl (C=O) groups excluding carboxylic acids is 1. The number of benzene rings is 1. The Balaban J connectivity index is 2.14. The number of rotatable bonds is 2. The third kappa shape index (κ3) is 7.66. The summed E-state index contributed by atoms with van der Waals surface area (Å²) in [5.74, 6) is 0.853. The first kappa shape index (κ1) is 24.2. The first-order valence-electron chi connectivity index (χ1n) is 10.6. The molecule has 30 heavy (non-hydrogen) atoms. The van der Waals surface area contributed by atoms with Gasteiger partial charge in [-0.2, -0.15) is 0 Å². The molecule has 2 bridgehead atoms. The van der Waals surface area contributed by atoms with Gasteiger partial charge in [0.25, 0.3) is 0 Å². The molecule has 1 heterocycles. The third-order valence-corrected chi connectivity index (χ3v) is 5.24. The number of esters is 1. The summed E-state index contributed by atoms with van der Waals surface area (Å²) < 4.78 is 22.1. The number of methoxy groups -OCH3 is 2. The minimum atomic E-state index is -0.420. The Bertz CT molecular complexity index is 669. The molecular weight excluding hydrogens is 388 g/mol. The molecule has 0 unspecified atom stereocenters.